The summed E-state index contributed by atoms with van der Waals surface area (Å²) in [6.07, 6.45) is 0. The predicted octanol–water partition coefficient (Wildman–Crippen LogP) is -7.69. The van der Waals surface area contributed by atoms with Crippen molar-refractivity contribution in [3.8, 4) is 0 Å². The molecule has 0 saturated carbocycles. The fourth-order valence-corrected chi connectivity index (χ4v) is 1.06. The molecule has 16 heavy (non-hydrogen) atoms. The van der Waals surface area contributed by atoms with E-state index >= 15 is 0 Å². The Morgan fingerprint density at radius 2 is 1.44 bits per heavy atom. The van der Waals surface area contributed by atoms with Crippen molar-refractivity contribution in [2.45, 2.75) is 6.92 Å². The summed E-state index contributed by atoms with van der Waals surface area (Å²) in [4.78, 5) is 21.1. The fraction of sp³-hybridized carbons (Fsp3) is 0.111. The number of benzene rings is 1. The van der Waals surface area contributed by atoms with Crippen molar-refractivity contribution >= 4 is 17.6 Å². The van der Waals surface area contributed by atoms with E-state index in [1.165, 1.54) is 0 Å². The van der Waals surface area contributed by atoms with Crippen molar-refractivity contribution in [3.63, 3.8) is 0 Å². The zero-order chi connectivity index (χ0) is 10.9. The number of carboxylic acids is 2. The second-order valence-electron chi connectivity index (χ2n) is 2.83. The topological polar surface area (TPSA) is 106 Å². The molecule has 2 N–H and O–H groups in total. The van der Waals surface area contributed by atoms with Gasteiger partial charge in [-0.05, 0) is 24.6 Å². The number of aromatic carboxylic acids is 2. The summed E-state index contributed by atoms with van der Waals surface area (Å²) >= 11 is 0. The smallest absolute Gasteiger partial charge is 0.545 e. The number of nitrogen functional groups attached to an aromatic ring is 1. The predicted molar refractivity (Wildman–Crippen MR) is 44.3 cm³/mol. The monoisotopic (exact) mass is 239 g/mol. The maximum Gasteiger partial charge on any atom is 1.00 e. The molecule has 0 spiro atoms. The van der Waals surface area contributed by atoms with E-state index in [0.29, 0.717) is 5.56 Å². The van der Waals surface area contributed by atoms with Crippen LogP contribution in [0.1, 0.15) is 26.3 Å². The normalized spacial score (nSPS) is 8.56. The molecule has 0 unspecified atom stereocenters. The van der Waals surface area contributed by atoms with E-state index in [2.05, 4.69) is 0 Å². The number of rotatable bonds is 2. The summed E-state index contributed by atoms with van der Waals surface area (Å²) in [5.41, 5.74) is 5.22. The maximum absolute atomic E-state index is 10.5. The molecule has 0 aromatic heterocycles. The molecule has 0 bridgehead atoms. The van der Waals surface area contributed by atoms with E-state index in [0.717, 1.165) is 12.1 Å². The Morgan fingerprint density at radius 1 is 1.06 bits per heavy atom. The minimum Gasteiger partial charge on any atom is -0.545 e. The third-order valence-corrected chi connectivity index (χ3v) is 1.85. The van der Waals surface area contributed by atoms with Gasteiger partial charge in [-0.2, -0.15) is 0 Å². The summed E-state index contributed by atoms with van der Waals surface area (Å²) in [6.45, 7) is 1.57. The van der Waals surface area contributed by atoms with Gasteiger partial charge in [-0.1, -0.05) is 0 Å². The Hall–Kier alpha value is -0.0400. The van der Waals surface area contributed by atoms with Crippen molar-refractivity contribution in [1.29, 1.82) is 0 Å². The molecule has 1 aromatic rings. The second-order valence-corrected chi connectivity index (χ2v) is 2.83. The number of hydrogen-bond donors (Lipinski definition) is 1. The molecule has 0 saturated heterocycles. The van der Waals surface area contributed by atoms with E-state index in [-0.39, 0.29) is 64.8 Å². The largest absolute Gasteiger partial charge is 1.00 e. The van der Waals surface area contributed by atoms with Crippen molar-refractivity contribution in [2.24, 2.45) is 0 Å². The summed E-state index contributed by atoms with van der Waals surface area (Å²) in [6, 6.07) is 2.20. The quantitative estimate of drug-likeness (QED) is 0.407. The molecular formula is C9H7NNa2O4. The van der Waals surface area contributed by atoms with Crippen LogP contribution in [-0.2, 0) is 0 Å². The van der Waals surface area contributed by atoms with Crippen LogP contribution in [0.4, 0.5) is 5.69 Å². The van der Waals surface area contributed by atoms with Crippen molar-refractivity contribution in [3.05, 3.63) is 28.8 Å². The number of anilines is 1. The average Bonchev–Trinajstić information content (AvgIpc) is 2.08. The second kappa shape index (κ2) is 7.32. The van der Waals surface area contributed by atoms with Crippen LogP contribution in [0, 0.1) is 6.92 Å². The molecule has 1 rings (SSSR count). The molecule has 0 amide bonds. The minimum absolute atomic E-state index is 0. The van der Waals surface area contributed by atoms with Crippen LogP contribution in [0.5, 0.6) is 0 Å². The third-order valence-electron chi connectivity index (χ3n) is 1.85. The van der Waals surface area contributed by atoms with Gasteiger partial charge in [-0.25, -0.2) is 0 Å². The van der Waals surface area contributed by atoms with Gasteiger partial charge >= 0.3 is 59.1 Å². The van der Waals surface area contributed by atoms with Crippen molar-refractivity contribution in [1.82, 2.24) is 0 Å². The fourth-order valence-electron chi connectivity index (χ4n) is 1.06. The Balaban J connectivity index is 0. The van der Waals surface area contributed by atoms with Gasteiger partial charge in [-0.3, -0.25) is 0 Å². The minimum atomic E-state index is -1.59. The van der Waals surface area contributed by atoms with E-state index < -0.39 is 23.1 Å². The summed E-state index contributed by atoms with van der Waals surface area (Å²) in [5.74, 6) is -3.15. The molecule has 0 atom stereocenters. The van der Waals surface area contributed by atoms with E-state index in [1.807, 2.05) is 0 Å². The molecule has 7 heteroatoms. The average molecular weight is 239 g/mol. The van der Waals surface area contributed by atoms with Gasteiger partial charge in [0.2, 0.25) is 0 Å². The molecular weight excluding hydrogens is 232 g/mol. The standard InChI is InChI=1S/C9H9NO4.2Na/c1-4-2-5(8(11)12)6(9(13)14)3-7(4)10;;/h2-3H,10H2,1H3,(H,11,12)(H,13,14);;/q;2*+1/p-2. The van der Waals surface area contributed by atoms with Crippen LogP contribution >= 0.6 is 0 Å². The summed E-state index contributed by atoms with van der Waals surface area (Å²) < 4.78 is 0. The summed E-state index contributed by atoms with van der Waals surface area (Å²) in [7, 11) is 0. The van der Waals surface area contributed by atoms with Gasteiger partial charge in [0, 0.05) is 16.8 Å². The van der Waals surface area contributed by atoms with Crippen LogP contribution < -0.4 is 75.1 Å². The maximum atomic E-state index is 10.5. The zero-order valence-corrected chi connectivity index (χ0v) is 13.4. The van der Waals surface area contributed by atoms with E-state index in [1.54, 1.807) is 6.92 Å². The number of carboxylic acid groups (broad SMARTS) is 2. The van der Waals surface area contributed by atoms with Gasteiger partial charge in [0.25, 0.3) is 0 Å². The molecule has 0 heterocycles. The van der Waals surface area contributed by atoms with Crippen LogP contribution in [0.15, 0.2) is 12.1 Å². The van der Waals surface area contributed by atoms with Gasteiger partial charge < -0.3 is 25.5 Å². The first kappa shape index (κ1) is 18.3. The van der Waals surface area contributed by atoms with Crippen LogP contribution in [0.2, 0.25) is 0 Å². The molecule has 0 radical (unpaired) electrons. The molecule has 74 valence electrons. The Kier molecular flexibility index (Phi) is 8.38. The third kappa shape index (κ3) is 4.08. The number of carbonyl (C=O) groups excluding carboxylic acids is 2. The first-order valence-electron chi connectivity index (χ1n) is 3.76. The molecule has 0 aliphatic heterocycles. The number of aryl methyl sites for hydroxylation is 1. The molecule has 0 fully saturated rings. The molecule has 1 aromatic carbocycles. The van der Waals surface area contributed by atoms with Gasteiger partial charge in [-0.15, -0.1) is 0 Å². The molecule has 0 aliphatic rings. The van der Waals surface area contributed by atoms with Crippen LogP contribution in [0.25, 0.3) is 0 Å². The van der Waals surface area contributed by atoms with Crippen molar-refractivity contribution in [2.75, 3.05) is 5.73 Å². The molecule has 0 aliphatic carbocycles. The van der Waals surface area contributed by atoms with E-state index in [9.17, 15) is 19.8 Å². The SMILES string of the molecule is Cc1cc(C(=O)[O-])c(C(=O)[O-])cc1N.[Na+].[Na+]. The summed E-state index contributed by atoms with van der Waals surface area (Å²) in [5, 5.41) is 21.1. The van der Waals surface area contributed by atoms with Crippen LogP contribution in [0.3, 0.4) is 0 Å². The Labute approximate surface area is 137 Å². The number of hydrogen-bond acceptors (Lipinski definition) is 5. The van der Waals surface area contributed by atoms with Crippen LogP contribution in [-0.4, -0.2) is 11.9 Å². The van der Waals surface area contributed by atoms with Gasteiger partial charge in [0.05, 0.1) is 11.9 Å². The number of carbonyl (C=O) groups is 2. The van der Waals surface area contributed by atoms with Gasteiger partial charge in [0.1, 0.15) is 0 Å². The zero-order valence-electron chi connectivity index (χ0n) is 9.37. The molecule has 5 nitrogen and oxygen atoms in total. The van der Waals surface area contributed by atoms with Crippen molar-refractivity contribution < 1.29 is 78.9 Å². The van der Waals surface area contributed by atoms with E-state index in [4.69, 9.17) is 5.73 Å². The first-order chi connectivity index (χ1) is 6.43. The Morgan fingerprint density at radius 3 is 1.81 bits per heavy atom. The van der Waals surface area contributed by atoms with Gasteiger partial charge in [0.15, 0.2) is 0 Å². The number of nitrogens with two attached hydrogens (primary N) is 1. The Bertz CT molecular complexity index is 381. The first-order valence-corrected chi connectivity index (χ1v) is 3.76.